The summed E-state index contributed by atoms with van der Waals surface area (Å²) < 4.78 is 44.8. The first-order chi connectivity index (χ1) is 9.76. The first kappa shape index (κ1) is 15.4. The first-order valence-electron chi connectivity index (χ1n) is 6.24. The van der Waals surface area contributed by atoms with E-state index < -0.39 is 12.4 Å². The van der Waals surface area contributed by atoms with E-state index in [0.717, 1.165) is 12.1 Å². The summed E-state index contributed by atoms with van der Waals surface area (Å²) in [5.74, 6) is -0.340. The van der Waals surface area contributed by atoms with Gasteiger partial charge in [0.05, 0.1) is 13.2 Å². The van der Waals surface area contributed by atoms with Crippen molar-refractivity contribution in [2.45, 2.75) is 13.3 Å². The van der Waals surface area contributed by atoms with Crippen LogP contribution in [0.2, 0.25) is 0 Å². The molecule has 0 aromatic heterocycles. The number of halogens is 3. The molecule has 5 nitrogen and oxygen atoms in total. The molecular formula is C13H15F3N2O3. The Hall–Kier alpha value is -1.96. The molecule has 2 rings (SSSR count). The van der Waals surface area contributed by atoms with Crippen LogP contribution >= 0.6 is 0 Å². The normalized spacial score (nSPS) is 16.8. The lowest BCUT2D eigenvalue weighted by Gasteiger charge is -2.37. The molecule has 21 heavy (non-hydrogen) atoms. The van der Waals surface area contributed by atoms with Crippen LogP contribution in [0.5, 0.6) is 5.75 Å². The van der Waals surface area contributed by atoms with Crippen molar-refractivity contribution in [3.05, 3.63) is 24.3 Å². The van der Waals surface area contributed by atoms with Gasteiger partial charge < -0.3 is 20.1 Å². The zero-order valence-corrected chi connectivity index (χ0v) is 11.3. The first-order valence-corrected chi connectivity index (χ1v) is 6.24. The van der Waals surface area contributed by atoms with Crippen molar-refractivity contribution >= 4 is 11.7 Å². The Balaban J connectivity index is 1.81. The lowest BCUT2D eigenvalue weighted by Crippen LogP contribution is -2.49. The minimum Gasteiger partial charge on any atom is -0.406 e. The Labute approximate surface area is 119 Å². The molecule has 1 aromatic rings. The summed E-state index contributed by atoms with van der Waals surface area (Å²) in [5, 5.41) is 5.21. The fourth-order valence-electron chi connectivity index (χ4n) is 1.76. The zero-order chi connectivity index (χ0) is 15.5. The summed E-state index contributed by atoms with van der Waals surface area (Å²) >= 11 is 0. The highest BCUT2D eigenvalue weighted by molar-refractivity contribution is 5.89. The van der Waals surface area contributed by atoms with Gasteiger partial charge in [-0.2, -0.15) is 0 Å². The molecule has 1 aliphatic heterocycles. The molecule has 0 spiro atoms. The average Bonchev–Trinajstić information content (AvgIpc) is 2.35. The van der Waals surface area contributed by atoms with Gasteiger partial charge in [0.1, 0.15) is 5.75 Å². The second kappa shape index (κ2) is 5.80. The number of alkyl halides is 3. The fraction of sp³-hybridized carbons (Fsp3) is 0.462. The summed E-state index contributed by atoms with van der Waals surface area (Å²) in [7, 11) is 0. The zero-order valence-electron chi connectivity index (χ0n) is 11.3. The maximum absolute atomic E-state index is 12.0. The summed E-state index contributed by atoms with van der Waals surface area (Å²) in [6.45, 7) is 3.64. The lowest BCUT2D eigenvalue weighted by molar-refractivity contribution is -0.274. The summed E-state index contributed by atoms with van der Waals surface area (Å²) in [4.78, 5) is 11.6. The van der Waals surface area contributed by atoms with Crippen LogP contribution in [0, 0.1) is 5.41 Å². The predicted molar refractivity (Wildman–Crippen MR) is 69.1 cm³/mol. The molecule has 0 saturated carbocycles. The van der Waals surface area contributed by atoms with E-state index in [2.05, 4.69) is 15.4 Å². The Kier molecular flexibility index (Phi) is 4.26. The molecule has 1 fully saturated rings. The molecule has 8 heteroatoms. The summed E-state index contributed by atoms with van der Waals surface area (Å²) in [5.41, 5.74) is 0.318. The SMILES string of the molecule is CC1(CNC(=O)Nc2ccc(OC(F)(F)F)cc2)COC1. The third-order valence-corrected chi connectivity index (χ3v) is 2.92. The van der Waals surface area contributed by atoms with Crippen LogP contribution in [-0.4, -0.2) is 32.2 Å². The number of hydrogen-bond acceptors (Lipinski definition) is 3. The van der Waals surface area contributed by atoms with Gasteiger partial charge in [-0.1, -0.05) is 6.92 Å². The molecular weight excluding hydrogens is 289 g/mol. The van der Waals surface area contributed by atoms with Gasteiger partial charge in [-0.25, -0.2) is 4.79 Å². The third-order valence-electron chi connectivity index (χ3n) is 2.92. The Morgan fingerprint density at radius 3 is 2.43 bits per heavy atom. The van der Waals surface area contributed by atoms with Gasteiger partial charge in [0.2, 0.25) is 0 Å². The van der Waals surface area contributed by atoms with Crippen molar-refractivity contribution < 1.29 is 27.4 Å². The minimum absolute atomic E-state index is 0.0538. The van der Waals surface area contributed by atoms with Crippen LogP contribution in [0.15, 0.2) is 24.3 Å². The molecule has 1 aromatic carbocycles. The van der Waals surface area contributed by atoms with Crippen molar-refractivity contribution in [2.75, 3.05) is 25.1 Å². The highest BCUT2D eigenvalue weighted by Gasteiger charge is 2.33. The van der Waals surface area contributed by atoms with Gasteiger partial charge in [0, 0.05) is 17.6 Å². The number of benzene rings is 1. The second-order valence-corrected chi connectivity index (χ2v) is 5.18. The van der Waals surface area contributed by atoms with Gasteiger partial charge in [-0.3, -0.25) is 0 Å². The van der Waals surface area contributed by atoms with E-state index in [1.807, 2.05) is 6.92 Å². The molecule has 0 unspecified atom stereocenters. The second-order valence-electron chi connectivity index (χ2n) is 5.18. The van der Waals surface area contributed by atoms with Gasteiger partial charge in [0.15, 0.2) is 0 Å². The Bertz CT molecular complexity index is 498. The summed E-state index contributed by atoms with van der Waals surface area (Å²) in [6.07, 6.45) is -4.73. The van der Waals surface area contributed by atoms with Crippen LogP contribution < -0.4 is 15.4 Å². The molecule has 1 heterocycles. The van der Waals surface area contributed by atoms with Crippen molar-refractivity contribution in [1.82, 2.24) is 5.32 Å². The van der Waals surface area contributed by atoms with Crippen LogP contribution in [-0.2, 0) is 4.74 Å². The van der Waals surface area contributed by atoms with E-state index in [4.69, 9.17) is 4.74 Å². The van der Waals surface area contributed by atoms with Gasteiger partial charge in [0.25, 0.3) is 0 Å². The smallest absolute Gasteiger partial charge is 0.406 e. The average molecular weight is 304 g/mol. The van der Waals surface area contributed by atoms with Gasteiger partial charge >= 0.3 is 12.4 Å². The van der Waals surface area contributed by atoms with Crippen LogP contribution in [0.4, 0.5) is 23.7 Å². The number of carbonyl (C=O) groups is 1. The van der Waals surface area contributed by atoms with Crippen molar-refractivity contribution in [2.24, 2.45) is 5.41 Å². The Morgan fingerprint density at radius 2 is 1.95 bits per heavy atom. The number of urea groups is 1. The molecule has 2 amide bonds. The summed E-state index contributed by atoms with van der Waals surface area (Å²) in [6, 6.07) is 4.49. The fourth-order valence-corrected chi connectivity index (χ4v) is 1.76. The van der Waals surface area contributed by atoms with E-state index in [0.29, 0.717) is 25.4 Å². The highest BCUT2D eigenvalue weighted by atomic mass is 19.4. The number of rotatable bonds is 4. The lowest BCUT2D eigenvalue weighted by atomic mass is 9.89. The van der Waals surface area contributed by atoms with E-state index in [9.17, 15) is 18.0 Å². The minimum atomic E-state index is -4.73. The Morgan fingerprint density at radius 1 is 1.33 bits per heavy atom. The van der Waals surface area contributed by atoms with Crippen LogP contribution in [0.1, 0.15) is 6.92 Å². The van der Waals surface area contributed by atoms with Crippen LogP contribution in [0.3, 0.4) is 0 Å². The number of anilines is 1. The van der Waals surface area contributed by atoms with E-state index in [-0.39, 0.29) is 11.2 Å². The topological polar surface area (TPSA) is 59.6 Å². The molecule has 0 aliphatic carbocycles. The number of nitrogens with one attached hydrogen (secondary N) is 2. The largest absolute Gasteiger partial charge is 0.573 e. The standard InChI is InChI=1S/C13H15F3N2O3/c1-12(7-20-8-12)6-17-11(19)18-9-2-4-10(5-3-9)21-13(14,15)16/h2-5H,6-8H2,1H3,(H2,17,18,19). The molecule has 0 bridgehead atoms. The van der Waals surface area contributed by atoms with Crippen LogP contribution in [0.25, 0.3) is 0 Å². The number of hydrogen-bond donors (Lipinski definition) is 2. The van der Waals surface area contributed by atoms with E-state index in [1.165, 1.54) is 12.1 Å². The third kappa shape index (κ3) is 4.82. The maximum Gasteiger partial charge on any atom is 0.573 e. The molecule has 2 N–H and O–H groups in total. The molecule has 0 radical (unpaired) electrons. The number of carbonyl (C=O) groups excluding carboxylic acids is 1. The van der Waals surface area contributed by atoms with Crippen molar-refractivity contribution in [3.63, 3.8) is 0 Å². The van der Waals surface area contributed by atoms with Crippen molar-refractivity contribution in [1.29, 1.82) is 0 Å². The van der Waals surface area contributed by atoms with Gasteiger partial charge in [-0.15, -0.1) is 13.2 Å². The molecule has 116 valence electrons. The number of ether oxygens (including phenoxy) is 2. The van der Waals surface area contributed by atoms with E-state index >= 15 is 0 Å². The maximum atomic E-state index is 12.0. The molecule has 1 aliphatic rings. The van der Waals surface area contributed by atoms with E-state index in [1.54, 1.807) is 0 Å². The molecule has 1 saturated heterocycles. The number of amides is 2. The predicted octanol–water partition coefficient (Wildman–Crippen LogP) is 2.74. The quantitative estimate of drug-likeness (QED) is 0.899. The van der Waals surface area contributed by atoms with Crippen molar-refractivity contribution in [3.8, 4) is 5.75 Å². The monoisotopic (exact) mass is 304 g/mol. The highest BCUT2D eigenvalue weighted by Crippen LogP contribution is 2.25. The molecule has 0 atom stereocenters. The van der Waals surface area contributed by atoms with Gasteiger partial charge in [-0.05, 0) is 24.3 Å².